The van der Waals surface area contributed by atoms with Crippen molar-refractivity contribution >= 4 is 11.9 Å². The minimum atomic E-state index is -5.14. The molecule has 0 spiro atoms. The van der Waals surface area contributed by atoms with Crippen molar-refractivity contribution in [2.45, 2.75) is 31.7 Å². The molecule has 0 aliphatic heterocycles. The van der Waals surface area contributed by atoms with Crippen LogP contribution in [-0.4, -0.2) is 23.0 Å². The van der Waals surface area contributed by atoms with Crippen molar-refractivity contribution in [1.29, 1.82) is 5.26 Å². The molecular weight excluding hydrogens is 370 g/mol. The fourth-order valence-electron chi connectivity index (χ4n) is 2.02. The molecule has 2 atom stereocenters. The second kappa shape index (κ2) is 7.63. The third-order valence-electron chi connectivity index (χ3n) is 3.38. The van der Waals surface area contributed by atoms with Gasteiger partial charge in [0.1, 0.15) is 6.04 Å². The molecule has 1 aromatic carbocycles. The van der Waals surface area contributed by atoms with Gasteiger partial charge in [-0.1, -0.05) is 6.92 Å². The molecule has 11 heteroatoms. The van der Waals surface area contributed by atoms with E-state index in [2.05, 4.69) is 0 Å². The van der Waals surface area contributed by atoms with Crippen LogP contribution in [0.2, 0.25) is 0 Å². The number of carboxylic acids is 1. The first kappa shape index (κ1) is 21.3. The molecular formula is C15H12F6N2O3. The van der Waals surface area contributed by atoms with Gasteiger partial charge in [-0.15, -0.1) is 0 Å². The Morgan fingerprint density at radius 1 is 1.12 bits per heavy atom. The molecule has 0 saturated heterocycles. The monoisotopic (exact) mass is 382 g/mol. The van der Waals surface area contributed by atoms with E-state index in [9.17, 15) is 35.9 Å². The van der Waals surface area contributed by atoms with E-state index in [-0.39, 0.29) is 24.6 Å². The molecule has 0 heterocycles. The lowest BCUT2D eigenvalue weighted by Gasteiger charge is -2.20. The van der Waals surface area contributed by atoms with E-state index in [0.29, 0.717) is 0 Å². The molecule has 142 valence electrons. The van der Waals surface area contributed by atoms with Crippen molar-refractivity contribution < 1.29 is 41.0 Å². The Hall–Kier alpha value is -2.77. The SMILES string of the molecule is C[C@@H](CC#N)[C@H](NC(=O)c1cc(C(F)(F)F)cc(C(F)(F)F)c1)C(=O)O. The summed E-state index contributed by atoms with van der Waals surface area (Å²) in [6.07, 6.45) is -10.6. The minimum Gasteiger partial charge on any atom is -0.480 e. The summed E-state index contributed by atoms with van der Waals surface area (Å²) < 4.78 is 76.7. The second-order valence-corrected chi connectivity index (χ2v) is 5.42. The highest BCUT2D eigenvalue weighted by molar-refractivity contribution is 5.97. The molecule has 0 unspecified atom stereocenters. The Morgan fingerprint density at radius 2 is 1.58 bits per heavy atom. The van der Waals surface area contributed by atoms with Crippen molar-refractivity contribution in [2.75, 3.05) is 0 Å². The Labute approximate surface area is 143 Å². The number of rotatable bonds is 5. The number of amides is 1. The molecule has 1 rings (SSSR count). The maximum absolute atomic E-state index is 12.8. The number of carbonyl (C=O) groups excluding carboxylic acids is 1. The highest BCUT2D eigenvalue weighted by Gasteiger charge is 2.38. The van der Waals surface area contributed by atoms with Crippen LogP contribution in [0.25, 0.3) is 0 Å². The van der Waals surface area contributed by atoms with Gasteiger partial charge in [-0.05, 0) is 18.2 Å². The Balaban J connectivity index is 3.30. The van der Waals surface area contributed by atoms with Crippen molar-refractivity contribution in [3.05, 3.63) is 34.9 Å². The molecule has 0 radical (unpaired) electrons. The molecule has 1 aromatic rings. The Bertz CT molecular complexity index is 704. The fourth-order valence-corrected chi connectivity index (χ4v) is 2.02. The van der Waals surface area contributed by atoms with Gasteiger partial charge in [-0.3, -0.25) is 4.79 Å². The molecule has 0 aromatic heterocycles. The molecule has 1 amide bonds. The molecule has 0 bridgehead atoms. The zero-order valence-electron chi connectivity index (χ0n) is 13.1. The van der Waals surface area contributed by atoms with E-state index in [1.54, 1.807) is 6.07 Å². The van der Waals surface area contributed by atoms with Crippen LogP contribution in [0.3, 0.4) is 0 Å². The number of alkyl halides is 6. The van der Waals surface area contributed by atoms with Crippen molar-refractivity contribution in [3.8, 4) is 6.07 Å². The van der Waals surface area contributed by atoms with Gasteiger partial charge < -0.3 is 10.4 Å². The third-order valence-corrected chi connectivity index (χ3v) is 3.38. The van der Waals surface area contributed by atoms with Gasteiger partial charge in [0.05, 0.1) is 17.2 Å². The van der Waals surface area contributed by atoms with Crippen molar-refractivity contribution in [2.24, 2.45) is 5.92 Å². The zero-order valence-corrected chi connectivity index (χ0v) is 13.1. The predicted octanol–water partition coefficient (Wildman–Crippen LogP) is 3.46. The summed E-state index contributed by atoms with van der Waals surface area (Å²) in [7, 11) is 0. The van der Waals surface area contributed by atoms with Gasteiger partial charge in [0, 0.05) is 17.9 Å². The summed E-state index contributed by atoms with van der Waals surface area (Å²) in [5.74, 6) is -3.93. The normalized spacial score (nSPS) is 14.2. The number of halogens is 6. The van der Waals surface area contributed by atoms with E-state index in [1.807, 2.05) is 5.32 Å². The van der Waals surface area contributed by atoms with Gasteiger partial charge in [-0.25, -0.2) is 4.79 Å². The van der Waals surface area contributed by atoms with E-state index in [0.717, 1.165) is 0 Å². The lowest BCUT2D eigenvalue weighted by molar-refractivity contribution is -0.143. The van der Waals surface area contributed by atoms with Crippen molar-refractivity contribution in [3.63, 3.8) is 0 Å². The van der Waals surface area contributed by atoms with Gasteiger partial charge in [0.25, 0.3) is 5.91 Å². The van der Waals surface area contributed by atoms with Gasteiger partial charge in [0.2, 0.25) is 0 Å². The first-order valence-corrected chi connectivity index (χ1v) is 6.97. The first-order chi connectivity index (χ1) is 11.8. The van der Waals surface area contributed by atoms with Crippen LogP contribution in [0.5, 0.6) is 0 Å². The number of nitriles is 1. The topological polar surface area (TPSA) is 90.2 Å². The highest BCUT2D eigenvalue weighted by Crippen LogP contribution is 2.36. The molecule has 5 nitrogen and oxygen atoms in total. The lowest BCUT2D eigenvalue weighted by Crippen LogP contribution is -2.45. The van der Waals surface area contributed by atoms with Crippen molar-refractivity contribution in [1.82, 2.24) is 5.32 Å². The van der Waals surface area contributed by atoms with Gasteiger partial charge in [-0.2, -0.15) is 31.6 Å². The third kappa shape index (κ3) is 5.37. The van der Waals surface area contributed by atoms with Crippen LogP contribution in [0.15, 0.2) is 18.2 Å². The van der Waals surface area contributed by atoms with Crippen LogP contribution in [0.1, 0.15) is 34.8 Å². The maximum Gasteiger partial charge on any atom is 0.416 e. The number of carboxylic acid groups (broad SMARTS) is 1. The summed E-state index contributed by atoms with van der Waals surface area (Å²) >= 11 is 0. The molecule has 0 saturated carbocycles. The summed E-state index contributed by atoms with van der Waals surface area (Å²) in [6.45, 7) is 1.29. The summed E-state index contributed by atoms with van der Waals surface area (Å²) in [5.41, 5.74) is -4.40. The van der Waals surface area contributed by atoms with Gasteiger partial charge in [0.15, 0.2) is 0 Å². The van der Waals surface area contributed by atoms with Crippen LogP contribution in [0, 0.1) is 17.2 Å². The molecule has 0 aliphatic carbocycles. The van der Waals surface area contributed by atoms with Crippen LogP contribution in [0.4, 0.5) is 26.3 Å². The molecule has 0 aliphatic rings. The second-order valence-electron chi connectivity index (χ2n) is 5.42. The number of benzene rings is 1. The van der Waals surface area contributed by atoms with E-state index >= 15 is 0 Å². The quantitative estimate of drug-likeness (QED) is 0.764. The smallest absolute Gasteiger partial charge is 0.416 e. The van der Waals surface area contributed by atoms with E-state index in [1.165, 1.54) is 6.92 Å². The lowest BCUT2D eigenvalue weighted by atomic mass is 9.98. The average Bonchev–Trinajstić information content (AvgIpc) is 2.50. The largest absolute Gasteiger partial charge is 0.480 e. The number of hydrogen-bond donors (Lipinski definition) is 2. The first-order valence-electron chi connectivity index (χ1n) is 6.97. The molecule has 2 N–H and O–H groups in total. The standard InChI is InChI=1S/C15H12F6N2O3/c1-7(2-3-22)11(13(25)26)23-12(24)8-4-9(14(16,17)18)6-10(5-8)15(19,20)21/h4-7,11H,2H2,1H3,(H,23,24)(H,25,26)/t7-,11-/m0/s1. The molecule has 26 heavy (non-hydrogen) atoms. The predicted molar refractivity (Wildman–Crippen MR) is 74.7 cm³/mol. The Kier molecular flexibility index (Phi) is 6.25. The number of nitrogens with zero attached hydrogens (tertiary/aromatic N) is 1. The number of aliphatic carboxylic acids is 1. The highest BCUT2D eigenvalue weighted by atomic mass is 19.4. The van der Waals surface area contributed by atoms with Crippen LogP contribution >= 0.6 is 0 Å². The summed E-state index contributed by atoms with van der Waals surface area (Å²) in [6, 6.07) is 0.237. The van der Waals surface area contributed by atoms with Crippen LogP contribution < -0.4 is 5.32 Å². The number of hydrogen-bond acceptors (Lipinski definition) is 3. The number of carbonyl (C=O) groups is 2. The fraction of sp³-hybridized carbons (Fsp3) is 0.400. The number of nitrogens with one attached hydrogen (secondary N) is 1. The zero-order chi connectivity index (χ0) is 20.3. The van der Waals surface area contributed by atoms with Gasteiger partial charge >= 0.3 is 18.3 Å². The summed E-state index contributed by atoms with van der Waals surface area (Å²) in [5, 5.41) is 19.5. The van der Waals surface area contributed by atoms with E-state index in [4.69, 9.17) is 10.4 Å². The van der Waals surface area contributed by atoms with Crippen LogP contribution in [-0.2, 0) is 17.1 Å². The van der Waals surface area contributed by atoms with E-state index < -0.39 is 52.9 Å². The maximum atomic E-state index is 12.8. The summed E-state index contributed by atoms with van der Waals surface area (Å²) in [4.78, 5) is 23.2. The average molecular weight is 382 g/mol. The molecule has 0 fully saturated rings. The minimum absolute atomic E-state index is 0.149. The Morgan fingerprint density at radius 3 is 1.92 bits per heavy atom.